The first kappa shape index (κ1) is 15.8. The maximum Gasteiger partial charge on any atom is 0.326 e. The highest BCUT2D eigenvalue weighted by Gasteiger charge is 2.27. The number of benzene rings is 1. The Morgan fingerprint density at radius 3 is 2.41 bits per heavy atom. The van der Waals surface area contributed by atoms with E-state index in [4.69, 9.17) is 9.52 Å². The standard InChI is InChI=1S/C16H18N2O4/c1-9(2)12(16(20)21)18-14(19)13-10(3)17-15(22-13)11-7-5-4-6-8-11/h4-9,12H,1-3H3,(H,18,19)(H,20,21)/t12-/m0/s1. The summed E-state index contributed by atoms with van der Waals surface area (Å²) in [5.74, 6) is -1.53. The van der Waals surface area contributed by atoms with Gasteiger partial charge in [0.2, 0.25) is 11.7 Å². The van der Waals surface area contributed by atoms with Gasteiger partial charge in [0.15, 0.2) is 0 Å². The smallest absolute Gasteiger partial charge is 0.326 e. The summed E-state index contributed by atoms with van der Waals surface area (Å²) in [6.45, 7) is 5.10. The van der Waals surface area contributed by atoms with Gasteiger partial charge in [0.05, 0.1) is 5.69 Å². The van der Waals surface area contributed by atoms with Crippen molar-refractivity contribution in [2.45, 2.75) is 26.8 Å². The van der Waals surface area contributed by atoms with E-state index in [0.717, 1.165) is 5.56 Å². The first-order valence-corrected chi connectivity index (χ1v) is 6.96. The lowest BCUT2D eigenvalue weighted by atomic mass is 10.0. The van der Waals surface area contributed by atoms with Gasteiger partial charge in [-0.3, -0.25) is 4.79 Å². The molecule has 0 spiro atoms. The summed E-state index contributed by atoms with van der Waals surface area (Å²) in [5, 5.41) is 11.6. The number of carbonyl (C=O) groups excluding carboxylic acids is 1. The number of nitrogens with one attached hydrogen (secondary N) is 1. The maximum atomic E-state index is 12.2. The highest BCUT2D eigenvalue weighted by Crippen LogP contribution is 2.21. The quantitative estimate of drug-likeness (QED) is 0.885. The lowest BCUT2D eigenvalue weighted by Gasteiger charge is -2.16. The number of nitrogens with zero attached hydrogens (tertiary/aromatic N) is 1. The molecule has 0 saturated heterocycles. The van der Waals surface area contributed by atoms with E-state index in [1.165, 1.54) is 0 Å². The van der Waals surface area contributed by atoms with Crippen LogP contribution in [-0.2, 0) is 4.79 Å². The molecular formula is C16H18N2O4. The van der Waals surface area contributed by atoms with E-state index in [1.54, 1.807) is 20.8 Å². The van der Waals surface area contributed by atoms with Crippen LogP contribution in [0.25, 0.3) is 11.5 Å². The SMILES string of the molecule is Cc1nc(-c2ccccc2)oc1C(=O)N[C@H](C(=O)O)C(C)C. The minimum atomic E-state index is -1.08. The van der Waals surface area contributed by atoms with Crippen LogP contribution in [0, 0.1) is 12.8 Å². The zero-order valence-corrected chi connectivity index (χ0v) is 12.7. The number of carboxylic acids is 1. The Kier molecular flexibility index (Phi) is 4.60. The zero-order chi connectivity index (χ0) is 16.3. The fourth-order valence-corrected chi connectivity index (χ4v) is 2.03. The molecule has 1 aromatic heterocycles. The fourth-order valence-electron chi connectivity index (χ4n) is 2.03. The lowest BCUT2D eigenvalue weighted by molar-refractivity contribution is -0.140. The number of hydrogen-bond donors (Lipinski definition) is 2. The van der Waals surface area contributed by atoms with E-state index >= 15 is 0 Å². The van der Waals surface area contributed by atoms with Crippen LogP contribution >= 0.6 is 0 Å². The number of oxazole rings is 1. The molecule has 0 bridgehead atoms. The van der Waals surface area contributed by atoms with E-state index in [-0.39, 0.29) is 11.7 Å². The molecule has 22 heavy (non-hydrogen) atoms. The summed E-state index contributed by atoms with van der Waals surface area (Å²) in [5.41, 5.74) is 1.17. The summed E-state index contributed by atoms with van der Waals surface area (Å²) in [6.07, 6.45) is 0. The zero-order valence-electron chi connectivity index (χ0n) is 12.7. The van der Waals surface area contributed by atoms with Crippen molar-refractivity contribution in [1.29, 1.82) is 0 Å². The molecule has 1 heterocycles. The fraction of sp³-hybridized carbons (Fsp3) is 0.312. The molecule has 0 aliphatic heterocycles. The number of carbonyl (C=O) groups is 2. The number of aryl methyl sites for hydroxylation is 1. The molecule has 2 N–H and O–H groups in total. The van der Waals surface area contributed by atoms with Gasteiger partial charge in [-0.05, 0) is 25.0 Å². The van der Waals surface area contributed by atoms with Crippen molar-refractivity contribution >= 4 is 11.9 Å². The molecule has 1 atom stereocenters. The van der Waals surface area contributed by atoms with Crippen LogP contribution in [0.1, 0.15) is 30.1 Å². The number of hydrogen-bond acceptors (Lipinski definition) is 4. The van der Waals surface area contributed by atoms with Gasteiger partial charge >= 0.3 is 5.97 Å². The first-order valence-electron chi connectivity index (χ1n) is 6.96. The van der Waals surface area contributed by atoms with Crippen molar-refractivity contribution in [2.75, 3.05) is 0 Å². The molecule has 1 aromatic carbocycles. The first-order chi connectivity index (χ1) is 10.4. The van der Waals surface area contributed by atoms with Gasteiger partial charge in [-0.1, -0.05) is 32.0 Å². The Morgan fingerprint density at radius 1 is 1.23 bits per heavy atom. The maximum absolute atomic E-state index is 12.2. The van der Waals surface area contributed by atoms with Gasteiger partial charge in [-0.2, -0.15) is 0 Å². The lowest BCUT2D eigenvalue weighted by Crippen LogP contribution is -2.44. The van der Waals surface area contributed by atoms with Crippen LogP contribution in [0.2, 0.25) is 0 Å². The van der Waals surface area contributed by atoms with Crippen molar-refractivity contribution in [3.8, 4) is 11.5 Å². The van der Waals surface area contributed by atoms with Crippen molar-refractivity contribution < 1.29 is 19.1 Å². The van der Waals surface area contributed by atoms with Crippen LogP contribution in [0.5, 0.6) is 0 Å². The minimum absolute atomic E-state index is 0.0331. The van der Waals surface area contributed by atoms with Gasteiger partial charge in [0.25, 0.3) is 5.91 Å². The summed E-state index contributed by atoms with van der Waals surface area (Å²) in [7, 11) is 0. The molecule has 0 aliphatic carbocycles. The van der Waals surface area contributed by atoms with Crippen molar-refractivity contribution in [3.63, 3.8) is 0 Å². The molecule has 2 aromatic rings. The van der Waals surface area contributed by atoms with Crippen LogP contribution in [0.4, 0.5) is 0 Å². The Balaban J connectivity index is 2.24. The number of carboxylic acid groups (broad SMARTS) is 1. The third-order valence-electron chi connectivity index (χ3n) is 3.24. The largest absolute Gasteiger partial charge is 0.480 e. The van der Waals surface area contributed by atoms with Crippen LogP contribution in [-0.4, -0.2) is 28.0 Å². The predicted octanol–water partition coefficient (Wildman–Crippen LogP) is 2.49. The summed E-state index contributed by atoms with van der Waals surface area (Å²) in [6, 6.07) is 8.22. The van der Waals surface area contributed by atoms with Crippen molar-refractivity contribution in [1.82, 2.24) is 10.3 Å². The minimum Gasteiger partial charge on any atom is -0.480 e. The summed E-state index contributed by atoms with van der Waals surface area (Å²) >= 11 is 0. The molecular weight excluding hydrogens is 284 g/mol. The molecule has 0 fully saturated rings. The molecule has 0 saturated carbocycles. The van der Waals surface area contributed by atoms with Gasteiger partial charge in [-0.25, -0.2) is 9.78 Å². The third-order valence-corrected chi connectivity index (χ3v) is 3.24. The second-order valence-electron chi connectivity index (χ2n) is 5.33. The monoisotopic (exact) mass is 302 g/mol. The topological polar surface area (TPSA) is 92.4 Å². The highest BCUT2D eigenvalue weighted by molar-refractivity contribution is 5.95. The molecule has 6 heteroatoms. The van der Waals surface area contributed by atoms with Crippen molar-refractivity contribution in [2.24, 2.45) is 5.92 Å². The van der Waals surface area contributed by atoms with E-state index in [2.05, 4.69) is 10.3 Å². The summed E-state index contributed by atoms with van der Waals surface area (Å²) in [4.78, 5) is 27.6. The molecule has 1 amide bonds. The highest BCUT2D eigenvalue weighted by atomic mass is 16.4. The molecule has 0 aliphatic rings. The average molecular weight is 302 g/mol. The normalized spacial score (nSPS) is 12.2. The van der Waals surface area contributed by atoms with Crippen molar-refractivity contribution in [3.05, 3.63) is 41.8 Å². The van der Waals surface area contributed by atoms with E-state index < -0.39 is 17.9 Å². The predicted molar refractivity (Wildman–Crippen MR) is 80.4 cm³/mol. The number of amides is 1. The van der Waals surface area contributed by atoms with Gasteiger partial charge in [0, 0.05) is 5.56 Å². The van der Waals surface area contributed by atoms with Gasteiger partial charge in [-0.15, -0.1) is 0 Å². The number of aromatic nitrogens is 1. The van der Waals surface area contributed by atoms with Gasteiger partial charge in [0.1, 0.15) is 6.04 Å². The Labute approximate surface area is 128 Å². The Bertz CT molecular complexity index is 677. The molecule has 116 valence electrons. The Morgan fingerprint density at radius 2 is 1.86 bits per heavy atom. The number of rotatable bonds is 5. The second-order valence-corrected chi connectivity index (χ2v) is 5.33. The average Bonchev–Trinajstić information content (AvgIpc) is 2.87. The Hall–Kier alpha value is -2.63. The summed E-state index contributed by atoms with van der Waals surface area (Å²) < 4.78 is 5.51. The van der Waals surface area contributed by atoms with Gasteiger partial charge < -0.3 is 14.8 Å². The third kappa shape index (κ3) is 3.33. The molecule has 0 unspecified atom stereocenters. The molecule has 6 nitrogen and oxygen atoms in total. The second kappa shape index (κ2) is 6.43. The van der Waals surface area contributed by atoms with Crippen LogP contribution in [0.3, 0.4) is 0 Å². The van der Waals surface area contributed by atoms with E-state index in [1.807, 2.05) is 30.3 Å². The molecule has 2 rings (SSSR count). The molecule has 0 radical (unpaired) electrons. The van der Waals surface area contributed by atoms with Crippen LogP contribution in [0.15, 0.2) is 34.7 Å². The number of aliphatic carboxylic acids is 1. The van der Waals surface area contributed by atoms with E-state index in [0.29, 0.717) is 11.6 Å². The van der Waals surface area contributed by atoms with E-state index in [9.17, 15) is 9.59 Å². The van der Waals surface area contributed by atoms with Crippen LogP contribution < -0.4 is 5.32 Å².